The second-order valence-electron chi connectivity index (χ2n) is 6.03. The fraction of sp³-hybridized carbons (Fsp3) is 0.500. The van der Waals surface area contributed by atoms with E-state index in [1.165, 1.54) is 0 Å². The van der Waals surface area contributed by atoms with Gasteiger partial charge in [0.1, 0.15) is 0 Å². The summed E-state index contributed by atoms with van der Waals surface area (Å²) in [5.74, 6) is 1.00. The lowest BCUT2D eigenvalue weighted by molar-refractivity contribution is 0.411. The van der Waals surface area contributed by atoms with Gasteiger partial charge in [0.15, 0.2) is 0 Å². The average molecular weight is 291 g/mol. The predicted molar refractivity (Wildman–Crippen MR) is 80.0 cm³/mol. The molecule has 2 atom stereocenters. The van der Waals surface area contributed by atoms with Crippen molar-refractivity contribution in [2.24, 2.45) is 11.8 Å². The van der Waals surface area contributed by atoms with Gasteiger partial charge in [0.05, 0.1) is 4.90 Å². The number of hydrogen-bond acceptors (Lipinski definition) is 2. The van der Waals surface area contributed by atoms with Crippen LogP contribution in [0.1, 0.15) is 24.0 Å². The lowest BCUT2D eigenvalue weighted by Gasteiger charge is -2.18. The zero-order valence-corrected chi connectivity index (χ0v) is 12.9. The molecule has 1 aliphatic carbocycles. The van der Waals surface area contributed by atoms with Crippen molar-refractivity contribution in [3.8, 4) is 0 Å². The molecule has 1 heterocycles. The molecule has 0 aromatic heterocycles. The molecule has 3 rings (SSSR count). The van der Waals surface area contributed by atoms with Crippen molar-refractivity contribution in [1.29, 1.82) is 0 Å². The third kappa shape index (κ3) is 2.31. The topological polar surface area (TPSA) is 37.4 Å². The Kier molecular flexibility index (Phi) is 3.46. The molecule has 1 aromatic carbocycles. The summed E-state index contributed by atoms with van der Waals surface area (Å²) in [6.45, 7) is 5.30. The number of benzene rings is 1. The molecule has 0 N–H and O–H groups in total. The Hall–Kier alpha value is -1.13. The van der Waals surface area contributed by atoms with Crippen molar-refractivity contribution in [3.63, 3.8) is 0 Å². The predicted octanol–water partition coefficient (Wildman–Crippen LogP) is 2.89. The number of hydrogen-bond donors (Lipinski definition) is 0. The molecule has 1 aromatic rings. The standard InChI is InChI=1S/C16H21NO2S/c1-12-7-8-16(9-13(12)2)20(18,19)17-10-14-5-3-4-6-15(14)11-17/h3-4,7-9,14-15H,5-6,10-11H2,1-2H3. The van der Waals surface area contributed by atoms with Gasteiger partial charge in [0.25, 0.3) is 0 Å². The molecule has 4 heteroatoms. The van der Waals surface area contributed by atoms with Crippen LogP contribution in [0.2, 0.25) is 0 Å². The van der Waals surface area contributed by atoms with Crippen LogP contribution in [0.4, 0.5) is 0 Å². The van der Waals surface area contributed by atoms with E-state index in [1.54, 1.807) is 16.4 Å². The molecular weight excluding hydrogens is 270 g/mol. The summed E-state index contributed by atoms with van der Waals surface area (Å²) in [6.07, 6.45) is 6.41. The lowest BCUT2D eigenvalue weighted by atomic mass is 9.86. The largest absolute Gasteiger partial charge is 0.243 e. The van der Waals surface area contributed by atoms with Gasteiger partial charge < -0.3 is 0 Å². The van der Waals surface area contributed by atoms with Crippen LogP contribution in [0.15, 0.2) is 35.2 Å². The zero-order valence-electron chi connectivity index (χ0n) is 12.0. The maximum atomic E-state index is 12.7. The van der Waals surface area contributed by atoms with Crippen molar-refractivity contribution in [2.45, 2.75) is 31.6 Å². The molecule has 1 aliphatic heterocycles. The van der Waals surface area contributed by atoms with Gasteiger partial charge in [-0.05, 0) is 61.8 Å². The fourth-order valence-electron chi connectivity index (χ4n) is 3.19. The van der Waals surface area contributed by atoms with Crippen LogP contribution in [0.5, 0.6) is 0 Å². The molecule has 0 amide bonds. The van der Waals surface area contributed by atoms with Crippen LogP contribution in [-0.4, -0.2) is 25.8 Å². The Morgan fingerprint density at radius 1 is 1.00 bits per heavy atom. The van der Waals surface area contributed by atoms with Crippen LogP contribution < -0.4 is 0 Å². The van der Waals surface area contributed by atoms with Crippen LogP contribution >= 0.6 is 0 Å². The van der Waals surface area contributed by atoms with E-state index >= 15 is 0 Å². The Bertz CT molecular complexity index is 632. The van der Waals surface area contributed by atoms with Gasteiger partial charge in [-0.1, -0.05) is 18.2 Å². The molecule has 2 aliphatic rings. The third-order valence-electron chi connectivity index (χ3n) is 4.70. The first-order valence-corrected chi connectivity index (χ1v) is 8.65. The van der Waals surface area contributed by atoms with Crippen molar-refractivity contribution < 1.29 is 8.42 Å². The van der Waals surface area contributed by atoms with Crippen LogP contribution in [0.3, 0.4) is 0 Å². The van der Waals surface area contributed by atoms with Crippen molar-refractivity contribution in [3.05, 3.63) is 41.5 Å². The smallest absolute Gasteiger partial charge is 0.207 e. The molecule has 2 unspecified atom stereocenters. The molecule has 1 fully saturated rings. The van der Waals surface area contributed by atoms with E-state index in [1.807, 2.05) is 19.9 Å². The molecule has 0 spiro atoms. The Labute approximate surface area is 121 Å². The summed E-state index contributed by atoms with van der Waals surface area (Å²) in [7, 11) is -3.33. The Morgan fingerprint density at radius 3 is 2.15 bits per heavy atom. The molecule has 3 nitrogen and oxygen atoms in total. The Morgan fingerprint density at radius 2 is 1.60 bits per heavy atom. The van der Waals surface area contributed by atoms with E-state index in [9.17, 15) is 8.42 Å². The molecule has 0 bridgehead atoms. The highest BCUT2D eigenvalue weighted by atomic mass is 32.2. The van der Waals surface area contributed by atoms with Gasteiger partial charge in [0.2, 0.25) is 10.0 Å². The minimum atomic E-state index is -3.33. The first kappa shape index (κ1) is 13.8. The van der Waals surface area contributed by atoms with E-state index in [0.29, 0.717) is 29.8 Å². The molecule has 0 radical (unpaired) electrons. The number of aryl methyl sites for hydroxylation is 2. The highest BCUT2D eigenvalue weighted by Gasteiger charge is 2.39. The lowest BCUT2D eigenvalue weighted by Crippen LogP contribution is -2.29. The minimum absolute atomic E-state index is 0.437. The number of rotatable bonds is 2. The van der Waals surface area contributed by atoms with Crippen molar-refractivity contribution in [2.75, 3.05) is 13.1 Å². The van der Waals surface area contributed by atoms with E-state index in [0.717, 1.165) is 24.0 Å². The Balaban J connectivity index is 1.87. The van der Waals surface area contributed by atoms with E-state index in [-0.39, 0.29) is 0 Å². The molecular formula is C16H21NO2S. The van der Waals surface area contributed by atoms with E-state index < -0.39 is 10.0 Å². The summed E-state index contributed by atoms with van der Waals surface area (Å²) in [6, 6.07) is 5.43. The molecule has 20 heavy (non-hydrogen) atoms. The number of sulfonamides is 1. The maximum absolute atomic E-state index is 12.7. The number of nitrogens with zero attached hydrogens (tertiary/aromatic N) is 1. The summed E-state index contributed by atoms with van der Waals surface area (Å²) in [5.41, 5.74) is 2.16. The van der Waals surface area contributed by atoms with Crippen molar-refractivity contribution >= 4 is 10.0 Å². The first-order chi connectivity index (χ1) is 9.48. The first-order valence-electron chi connectivity index (χ1n) is 7.21. The highest BCUT2D eigenvalue weighted by molar-refractivity contribution is 7.89. The minimum Gasteiger partial charge on any atom is -0.207 e. The van der Waals surface area contributed by atoms with Crippen molar-refractivity contribution in [1.82, 2.24) is 4.31 Å². The van der Waals surface area contributed by atoms with Crippen LogP contribution in [0.25, 0.3) is 0 Å². The second kappa shape index (κ2) is 5.01. The van der Waals surface area contributed by atoms with Gasteiger partial charge in [-0.3, -0.25) is 0 Å². The number of fused-ring (bicyclic) bond motifs is 1. The normalized spacial score (nSPS) is 26.7. The molecule has 1 saturated heterocycles. The van der Waals surface area contributed by atoms with Gasteiger partial charge >= 0.3 is 0 Å². The van der Waals surface area contributed by atoms with Crippen LogP contribution in [-0.2, 0) is 10.0 Å². The summed E-state index contributed by atoms with van der Waals surface area (Å²) in [5, 5.41) is 0. The van der Waals surface area contributed by atoms with Gasteiger partial charge in [-0.25, -0.2) is 8.42 Å². The molecule has 0 saturated carbocycles. The fourth-order valence-corrected chi connectivity index (χ4v) is 4.83. The van der Waals surface area contributed by atoms with Gasteiger partial charge in [-0.2, -0.15) is 4.31 Å². The SMILES string of the molecule is Cc1ccc(S(=O)(=O)N2CC3CC=CCC3C2)cc1C. The monoisotopic (exact) mass is 291 g/mol. The molecule has 108 valence electrons. The number of allylic oxidation sites excluding steroid dienone is 2. The average Bonchev–Trinajstić information content (AvgIpc) is 2.86. The van der Waals surface area contributed by atoms with Gasteiger partial charge in [0, 0.05) is 13.1 Å². The highest BCUT2D eigenvalue weighted by Crippen LogP contribution is 2.35. The quantitative estimate of drug-likeness (QED) is 0.786. The van der Waals surface area contributed by atoms with Crippen LogP contribution in [0, 0.1) is 25.7 Å². The van der Waals surface area contributed by atoms with E-state index in [4.69, 9.17) is 0 Å². The summed E-state index contributed by atoms with van der Waals surface area (Å²) in [4.78, 5) is 0.437. The second-order valence-corrected chi connectivity index (χ2v) is 7.97. The van der Waals surface area contributed by atoms with Gasteiger partial charge in [-0.15, -0.1) is 0 Å². The maximum Gasteiger partial charge on any atom is 0.243 e. The zero-order chi connectivity index (χ0) is 14.3. The summed E-state index contributed by atoms with van der Waals surface area (Å²) < 4.78 is 27.2. The van der Waals surface area contributed by atoms with E-state index in [2.05, 4.69) is 12.2 Å². The summed E-state index contributed by atoms with van der Waals surface area (Å²) >= 11 is 0. The third-order valence-corrected chi connectivity index (χ3v) is 6.53.